The van der Waals surface area contributed by atoms with Crippen LogP contribution >= 0.6 is 0 Å². The van der Waals surface area contributed by atoms with Gasteiger partial charge in [-0.05, 0) is 20.3 Å². The number of rotatable bonds is 5. The van der Waals surface area contributed by atoms with Crippen LogP contribution < -0.4 is 15.8 Å². The molecule has 0 unspecified atom stereocenters. The van der Waals surface area contributed by atoms with Gasteiger partial charge in [0.25, 0.3) is 0 Å². The fraction of sp³-hybridized carbons (Fsp3) is 0.636. The monoisotopic (exact) mass is 224 g/mol. The Morgan fingerprint density at radius 2 is 2.06 bits per heavy atom. The fourth-order valence-electron chi connectivity index (χ4n) is 1.37. The number of aromatic nitrogens is 2. The number of hydrogen-bond donors (Lipinski definition) is 2. The first-order valence-corrected chi connectivity index (χ1v) is 5.55. The lowest BCUT2D eigenvalue weighted by molar-refractivity contribution is 0.397. The van der Waals surface area contributed by atoms with Crippen molar-refractivity contribution in [2.24, 2.45) is 0 Å². The van der Waals surface area contributed by atoms with Crippen LogP contribution in [0.15, 0.2) is 0 Å². The van der Waals surface area contributed by atoms with Gasteiger partial charge < -0.3 is 15.8 Å². The molecule has 90 valence electrons. The van der Waals surface area contributed by atoms with E-state index in [4.69, 9.17) is 10.5 Å². The Morgan fingerprint density at radius 1 is 1.38 bits per heavy atom. The zero-order valence-electron chi connectivity index (χ0n) is 10.4. The lowest BCUT2D eigenvalue weighted by Crippen LogP contribution is -2.15. The normalized spacial score (nSPS) is 10.6. The van der Waals surface area contributed by atoms with E-state index in [9.17, 15) is 0 Å². The fourth-order valence-corrected chi connectivity index (χ4v) is 1.37. The second-order valence-corrected chi connectivity index (χ2v) is 3.96. The molecule has 5 nitrogen and oxygen atoms in total. The van der Waals surface area contributed by atoms with Crippen LogP contribution in [0.2, 0.25) is 0 Å². The molecule has 0 aliphatic heterocycles. The third-order valence-corrected chi connectivity index (χ3v) is 2.05. The van der Waals surface area contributed by atoms with Crippen LogP contribution in [-0.4, -0.2) is 23.1 Å². The quantitative estimate of drug-likeness (QED) is 0.798. The van der Waals surface area contributed by atoms with E-state index in [1.54, 1.807) is 7.11 Å². The molecule has 3 N–H and O–H groups in total. The lowest BCUT2D eigenvalue weighted by Gasteiger charge is -2.14. The van der Waals surface area contributed by atoms with Crippen molar-refractivity contribution in [3.8, 4) is 5.88 Å². The van der Waals surface area contributed by atoms with Crippen molar-refractivity contribution in [3.05, 3.63) is 5.82 Å². The smallest absolute Gasteiger partial charge is 0.242 e. The minimum Gasteiger partial charge on any atom is -0.479 e. The van der Waals surface area contributed by atoms with E-state index < -0.39 is 0 Å². The molecule has 0 atom stereocenters. The maximum Gasteiger partial charge on any atom is 0.242 e. The minimum absolute atomic E-state index is 0.274. The molecule has 0 saturated heterocycles. The molecule has 1 rings (SSSR count). The number of nitrogens with zero attached hydrogens (tertiary/aromatic N) is 2. The SMILES string of the molecule is CCCc1nc(NC(C)C)c(N)c(OC)n1. The van der Waals surface area contributed by atoms with E-state index in [0.717, 1.165) is 18.7 Å². The molecule has 1 aromatic rings. The number of ether oxygens (including phenoxy) is 1. The van der Waals surface area contributed by atoms with Crippen molar-refractivity contribution in [3.63, 3.8) is 0 Å². The first-order chi connectivity index (χ1) is 7.58. The highest BCUT2D eigenvalue weighted by atomic mass is 16.5. The summed E-state index contributed by atoms with van der Waals surface area (Å²) in [7, 11) is 1.56. The average molecular weight is 224 g/mol. The van der Waals surface area contributed by atoms with Crippen molar-refractivity contribution in [2.45, 2.75) is 39.7 Å². The number of hydrogen-bond acceptors (Lipinski definition) is 5. The Kier molecular flexibility index (Phi) is 4.34. The molecule has 1 heterocycles. The van der Waals surface area contributed by atoms with Gasteiger partial charge in [-0.1, -0.05) is 6.92 Å². The molecule has 0 bridgehead atoms. The van der Waals surface area contributed by atoms with Crippen molar-refractivity contribution >= 4 is 11.5 Å². The summed E-state index contributed by atoms with van der Waals surface area (Å²) in [6.07, 6.45) is 1.82. The van der Waals surface area contributed by atoms with Crippen molar-refractivity contribution in [1.29, 1.82) is 0 Å². The summed E-state index contributed by atoms with van der Waals surface area (Å²) in [5.41, 5.74) is 6.36. The van der Waals surface area contributed by atoms with Crippen LogP contribution in [0.4, 0.5) is 11.5 Å². The standard InChI is InChI=1S/C11H20N4O/c1-5-6-8-14-10(13-7(2)3)9(12)11(15-8)16-4/h7H,5-6,12H2,1-4H3,(H,13,14,15). The third kappa shape index (κ3) is 2.98. The molecule has 0 saturated carbocycles. The van der Waals surface area contributed by atoms with Gasteiger partial charge in [-0.3, -0.25) is 0 Å². The van der Waals surface area contributed by atoms with Crippen molar-refractivity contribution in [1.82, 2.24) is 9.97 Å². The Labute approximate surface area is 96.4 Å². The molecule has 0 fully saturated rings. The topological polar surface area (TPSA) is 73.1 Å². The van der Waals surface area contributed by atoms with E-state index in [1.807, 2.05) is 13.8 Å². The average Bonchev–Trinajstić information content (AvgIpc) is 2.22. The predicted octanol–water partition coefficient (Wildman–Crippen LogP) is 1.84. The molecule has 0 amide bonds. The first kappa shape index (κ1) is 12.5. The lowest BCUT2D eigenvalue weighted by atomic mass is 10.3. The molecule has 0 radical (unpaired) electrons. The minimum atomic E-state index is 0.274. The van der Waals surface area contributed by atoms with Crippen LogP contribution in [0, 0.1) is 0 Å². The Balaban J connectivity index is 3.08. The van der Waals surface area contributed by atoms with E-state index in [0.29, 0.717) is 17.4 Å². The second kappa shape index (κ2) is 5.53. The molecule has 1 aromatic heterocycles. The summed E-state index contributed by atoms with van der Waals surface area (Å²) in [5, 5.41) is 3.19. The second-order valence-electron chi connectivity index (χ2n) is 3.96. The highest BCUT2D eigenvalue weighted by Crippen LogP contribution is 2.26. The van der Waals surface area contributed by atoms with Gasteiger partial charge in [0.15, 0.2) is 5.82 Å². The summed E-state index contributed by atoms with van der Waals surface area (Å²) in [6, 6.07) is 0.274. The van der Waals surface area contributed by atoms with Gasteiger partial charge in [0.05, 0.1) is 7.11 Å². The van der Waals surface area contributed by atoms with Crippen LogP contribution in [-0.2, 0) is 6.42 Å². The van der Waals surface area contributed by atoms with Gasteiger partial charge in [-0.2, -0.15) is 4.98 Å². The van der Waals surface area contributed by atoms with Crippen LogP contribution in [0.1, 0.15) is 33.0 Å². The van der Waals surface area contributed by atoms with E-state index in [2.05, 4.69) is 22.2 Å². The predicted molar refractivity (Wildman–Crippen MR) is 65.8 cm³/mol. The Hall–Kier alpha value is -1.52. The van der Waals surface area contributed by atoms with Gasteiger partial charge in [0.1, 0.15) is 11.5 Å². The number of methoxy groups -OCH3 is 1. The zero-order chi connectivity index (χ0) is 12.1. The molecule has 0 aliphatic rings. The van der Waals surface area contributed by atoms with Crippen molar-refractivity contribution in [2.75, 3.05) is 18.2 Å². The molecular weight excluding hydrogens is 204 g/mol. The van der Waals surface area contributed by atoms with Crippen LogP contribution in [0.5, 0.6) is 5.88 Å². The van der Waals surface area contributed by atoms with Gasteiger partial charge in [-0.15, -0.1) is 0 Å². The Morgan fingerprint density at radius 3 is 2.56 bits per heavy atom. The number of nitrogens with one attached hydrogen (secondary N) is 1. The molecule has 0 spiro atoms. The van der Waals surface area contributed by atoms with Gasteiger partial charge in [0, 0.05) is 12.5 Å². The van der Waals surface area contributed by atoms with E-state index >= 15 is 0 Å². The number of nitrogens with two attached hydrogens (primary N) is 1. The zero-order valence-corrected chi connectivity index (χ0v) is 10.4. The number of aryl methyl sites for hydroxylation is 1. The molecular formula is C11H20N4O. The summed E-state index contributed by atoms with van der Waals surface area (Å²) < 4.78 is 5.14. The summed E-state index contributed by atoms with van der Waals surface area (Å²) in [5.74, 6) is 1.86. The van der Waals surface area contributed by atoms with Gasteiger partial charge in [0.2, 0.25) is 5.88 Å². The summed E-state index contributed by atoms with van der Waals surface area (Å²) >= 11 is 0. The van der Waals surface area contributed by atoms with Gasteiger partial charge in [-0.25, -0.2) is 4.98 Å². The highest BCUT2D eigenvalue weighted by Gasteiger charge is 2.12. The Bertz CT molecular complexity index is 352. The maximum atomic E-state index is 5.89. The maximum absolute atomic E-state index is 5.89. The van der Waals surface area contributed by atoms with E-state index in [1.165, 1.54) is 0 Å². The number of nitrogen functional groups attached to an aromatic ring is 1. The number of anilines is 2. The van der Waals surface area contributed by atoms with E-state index in [-0.39, 0.29) is 6.04 Å². The summed E-state index contributed by atoms with van der Waals surface area (Å²) in [6.45, 7) is 6.16. The summed E-state index contributed by atoms with van der Waals surface area (Å²) in [4.78, 5) is 8.63. The first-order valence-electron chi connectivity index (χ1n) is 5.55. The third-order valence-electron chi connectivity index (χ3n) is 2.05. The van der Waals surface area contributed by atoms with Gasteiger partial charge >= 0.3 is 0 Å². The highest BCUT2D eigenvalue weighted by molar-refractivity contribution is 5.67. The van der Waals surface area contributed by atoms with Crippen LogP contribution in [0.25, 0.3) is 0 Å². The van der Waals surface area contributed by atoms with Crippen LogP contribution in [0.3, 0.4) is 0 Å². The molecule has 16 heavy (non-hydrogen) atoms. The largest absolute Gasteiger partial charge is 0.479 e. The molecule has 5 heteroatoms. The molecule has 0 aromatic carbocycles. The van der Waals surface area contributed by atoms with Crippen molar-refractivity contribution < 1.29 is 4.74 Å². The molecule has 0 aliphatic carbocycles.